The highest BCUT2D eigenvalue weighted by Crippen LogP contribution is 2.33. The minimum absolute atomic E-state index is 0.0839. The van der Waals surface area contributed by atoms with Crippen molar-refractivity contribution < 1.29 is 44.0 Å². The predicted octanol–water partition coefficient (Wildman–Crippen LogP) is 5.13. The van der Waals surface area contributed by atoms with Crippen LogP contribution in [-0.2, 0) is 4.74 Å². The zero-order valence-corrected chi connectivity index (χ0v) is 24.0. The second-order valence-electron chi connectivity index (χ2n) is 10.6. The van der Waals surface area contributed by atoms with Crippen molar-refractivity contribution in [3.05, 3.63) is 45.8 Å². The summed E-state index contributed by atoms with van der Waals surface area (Å²) in [5.74, 6) is -2.63. The van der Waals surface area contributed by atoms with Gasteiger partial charge in [-0.15, -0.1) is 0 Å². The third-order valence-electron chi connectivity index (χ3n) is 7.32. The zero-order chi connectivity index (χ0) is 30.2. The topological polar surface area (TPSA) is 160 Å². The van der Waals surface area contributed by atoms with Gasteiger partial charge < -0.3 is 29.9 Å². The Morgan fingerprint density at radius 2 is 1.54 bits per heavy atom. The first-order chi connectivity index (χ1) is 19.7. The van der Waals surface area contributed by atoms with Gasteiger partial charge in [-0.05, 0) is 38.2 Å². The maximum atomic E-state index is 15.3. The molecule has 1 aromatic rings. The summed E-state index contributed by atoms with van der Waals surface area (Å²) in [5, 5.41) is 50.8. The van der Waals surface area contributed by atoms with Gasteiger partial charge in [0.05, 0.1) is 11.5 Å². The third-order valence-corrected chi connectivity index (χ3v) is 7.32. The number of hydrogen-bond acceptors (Lipinski definition) is 9. The number of halogens is 1. The van der Waals surface area contributed by atoms with Crippen molar-refractivity contribution in [1.82, 2.24) is 0 Å². The van der Waals surface area contributed by atoms with Gasteiger partial charge in [0.15, 0.2) is 17.3 Å². The molecule has 0 amide bonds. The monoisotopic (exact) mass is 583 g/mol. The molecule has 4 N–H and O–H groups in total. The summed E-state index contributed by atoms with van der Waals surface area (Å²) in [6.07, 6.45) is 10.1. The summed E-state index contributed by atoms with van der Waals surface area (Å²) in [7, 11) is 0. The van der Waals surface area contributed by atoms with E-state index in [1.165, 1.54) is 38.5 Å². The van der Waals surface area contributed by atoms with Gasteiger partial charge in [0.25, 0.3) is 5.69 Å². The standard InChI is InChI=1S/C30H46FNO9/c1-2-3-4-5-6-7-8-9-10-11-12-13-14-15-16-17-22(34)25-21(32(38)39)18-19-23(26(25)31)40-30-29(37)28(36)27(35)24(20-33)41-30/h9-10,18-19,24,27-30,33,35-37H,2-8,11-17,20H2,1H3/b10-9-/t24-,27-,28+,29-,30-/m1/s1. The zero-order valence-electron chi connectivity index (χ0n) is 24.0. The van der Waals surface area contributed by atoms with Gasteiger partial charge >= 0.3 is 0 Å². The van der Waals surface area contributed by atoms with Crippen LogP contribution >= 0.6 is 0 Å². The minimum atomic E-state index is -1.81. The van der Waals surface area contributed by atoms with Crippen molar-refractivity contribution in [1.29, 1.82) is 0 Å². The lowest BCUT2D eigenvalue weighted by Crippen LogP contribution is -2.60. The Morgan fingerprint density at radius 3 is 2.12 bits per heavy atom. The Morgan fingerprint density at radius 1 is 0.951 bits per heavy atom. The average molecular weight is 584 g/mol. The van der Waals surface area contributed by atoms with Gasteiger partial charge in [0.1, 0.15) is 30.0 Å². The summed E-state index contributed by atoms with van der Waals surface area (Å²) in [4.78, 5) is 23.5. The molecule has 5 atom stereocenters. The number of hydrogen-bond donors (Lipinski definition) is 4. The first-order valence-electron chi connectivity index (χ1n) is 14.8. The molecule has 10 nitrogen and oxygen atoms in total. The van der Waals surface area contributed by atoms with Crippen molar-refractivity contribution >= 4 is 11.5 Å². The average Bonchev–Trinajstić information content (AvgIpc) is 2.95. The van der Waals surface area contributed by atoms with Crippen LogP contribution in [0.4, 0.5) is 10.1 Å². The summed E-state index contributed by atoms with van der Waals surface area (Å²) < 4.78 is 25.8. The molecule has 1 aromatic carbocycles. The maximum Gasteiger partial charge on any atom is 0.283 e. The van der Waals surface area contributed by atoms with E-state index in [9.17, 15) is 35.3 Å². The number of aliphatic hydroxyl groups is 4. The number of ketones is 1. The van der Waals surface area contributed by atoms with E-state index in [4.69, 9.17) is 9.47 Å². The molecule has 41 heavy (non-hydrogen) atoms. The smallest absolute Gasteiger partial charge is 0.283 e. The van der Waals surface area contributed by atoms with E-state index in [0.29, 0.717) is 6.42 Å². The fourth-order valence-corrected chi connectivity index (χ4v) is 4.83. The number of Topliss-reactive ketones (excluding diaryl/α,β-unsaturated/α-hetero) is 1. The second kappa shape index (κ2) is 18.9. The fraction of sp³-hybridized carbons (Fsp3) is 0.700. The van der Waals surface area contributed by atoms with Gasteiger partial charge in [0, 0.05) is 12.5 Å². The highest BCUT2D eigenvalue weighted by Gasteiger charge is 2.45. The van der Waals surface area contributed by atoms with E-state index >= 15 is 4.39 Å². The lowest BCUT2D eigenvalue weighted by Gasteiger charge is -2.39. The number of carbonyl (C=O) groups is 1. The Hall–Kier alpha value is -2.44. The Bertz CT molecular complexity index is 972. The molecule has 0 bridgehead atoms. The van der Waals surface area contributed by atoms with Gasteiger partial charge in [-0.25, -0.2) is 4.39 Å². The van der Waals surface area contributed by atoms with E-state index in [2.05, 4.69) is 19.1 Å². The van der Waals surface area contributed by atoms with Crippen LogP contribution in [0.2, 0.25) is 0 Å². The summed E-state index contributed by atoms with van der Waals surface area (Å²) >= 11 is 0. The third kappa shape index (κ3) is 11.1. The maximum absolute atomic E-state index is 15.3. The number of nitro groups is 1. The predicted molar refractivity (Wildman–Crippen MR) is 151 cm³/mol. The fourth-order valence-electron chi connectivity index (χ4n) is 4.83. The normalized spacial score (nSPS) is 22.7. The van der Waals surface area contributed by atoms with Crippen LogP contribution in [-0.4, -0.2) is 68.4 Å². The number of rotatable bonds is 20. The van der Waals surface area contributed by atoms with E-state index in [0.717, 1.165) is 50.7 Å². The van der Waals surface area contributed by atoms with Crippen LogP contribution in [0, 0.1) is 15.9 Å². The summed E-state index contributed by atoms with van der Waals surface area (Å²) in [5.41, 5.74) is -1.44. The van der Waals surface area contributed by atoms with Gasteiger partial charge in [-0.2, -0.15) is 0 Å². The molecule has 1 aliphatic heterocycles. The Labute approximate surface area is 241 Å². The van der Waals surface area contributed by atoms with Crippen LogP contribution in [0.3, 0.4) is 0 Å². The lowest BCUT2D eigenvalue weighted by atomic mass is 9.99. The van der Waals surface area contributed by atoms with Crippen molar-refractivity contribution in [3.8, 4) is 5.75 Å². The van der Waals surface area contributed by atoms with Crippen LogP contribution in [0.25, 0.3) is 0 Å². The molecule has 0 saturated carbocycles. The molecule has 0 radical (unpaired) electrons. The minimum Gasteiger partial charge on any atom is -0.459 e. The molecule has 11 heteroatoms. The number of aliphatic hydroxyl groups excluding tert-OH is 4. The highest BCUT2D eigenvalue weighted by molar-refractivity contribution is 6.00. The van der Waals surface area contributed by atoms with E-state index < -0.39 is 70.8 Å². The molecule has 0 aliphatic carbocycles. The van der Waals surface area contributed by atoms with E-state index in [1.807, 2.05) is 0 Å². The van der Waals surface area contributed by atoms with Crippen molar-refractivity contribution in [3.63, 3.8) is 0 Å². The van der Waals surface area contributed by atoms with Crippen LogP contribution in [0.15, 0.2) is 24.3 Å². The van der Waals surface area contributed by atoms with Crippen molar-refractivity contribution in [2.24, 2.45) is 0 Å². The molecule has 2 rings (SSSR count). The van der Waals surface area contributed by atoms with Crippen LogP contribution in [0.1, 0.15) is 107 Å². The van der Waals surface area contributed by atoms with Crippen molar-refractivity contribution in [2.75, 3.05) is 6.61 Å². The summed E-state index contributed by atoms with van der Waals surface area (Å²) in [6.45, 7) is 1.50. The van der Waals surface area contributed by atoms with E-state index in [-0.39, 0.29) is 6.42 Å². The number of allylic oxidation sites excluding steroid dienone is 2. The van der Waals surface area contributed by atoms with Crippen LogP contribution < -0.4 is 4.74 Å². The second-order valence-corrected chi connectivity index (χ2v) is 10.6. The van der Waals surface area contributed by atoms with Gasteiger partial charge in [-0.3, -0.25) is 14.9 Å². The first-order valence-corrected chi connectivity index (χ1v) is 14.8. The molecule has 1 saturated heterocycles. The molecule has 0 unspecified atom stereocenters. The molecular formula is C30H46FNO9. The molecule has 0 aromatic heterocycles. The SMILES string of the molecule is CCCCCCCC/C=C\CCCCCCCC(=O)c1c([N+](=O)[O-])ccc(O[C@@H]2O[C@H](CO)[C@@H](O)[C@H](O)[C@H]2O)c1F. The Balaban J connectivity index is 1.82. The molecule has 0 spiro atoms. The number of ether oxygens (including phenoxy) is 2. The molecule has 1 heterocycles. The summed E-state index contributed by atoms with van der Waals surface area (Å²) in [6, 6.07) is 1.85. The first kappa shape index (κ1) is 34.8. The van der Waals surface area contributed by atoms with Crippen LogP contribution in [0.5, 0.6) is 5.75 Å². The number of carbonyl (C=O) groups excluding carboxylic acids is 1. The molecule has 1 fully saturated rings. The lowest BCUT2D eigenvalue weighted by molar-refractivity contribution is -0.385. The van der Waals surface area contributed by atoms with E-state index in [1.54, 1.807) is 0 Å². The number of benzene rings is 1. The molecule has 1 aliphatic rings. The largest absolute Gasteiger partial charge is 0.459 e. The molecule has 232 valence electrons. The number of unbranched alkanes of at least 4 members (excludes halogenated alkanes) is 11. The van der Waals surface area contributed by atoms with Gasteiger partial charge in [0.2, 0.25) is 6.29 Å². The number of nitro benzene ring substituents is 1. The Kier molecular flexibility index (Phi) is 16.0. The number of nitrogens with zero attached hydrogens (tertiary/aromatic N) is 1. The molecular weight excluding hydrogens is 537 g/mol. The van der Waals surface area contributed by atoms with Gasteiger partial charge in [-0.1, -0.05) is 70.4 Å². The van der Waals surface area contributed by atoms with Crippen molar-refractivity contribution in [2.45, 2.75) is 128 Å². The quantitative estimate of drug-likeness (QED) is 0.0536. The highest BCUT2D eigenvalue weighted by atomic mass is 19.1.